The van der Waals surface area contributed by atoms with Gasteiger partial charge in [-0.25, -0.2) is 8.42 Å². The first-order valence-corrected chi connectivity index (χ1v) is 10.6. The van der Waals surface area contributed by atoms with Crippen LogP contribution < -0.4 is 5.32 Å². The predicted molar refractivity (Wildman–Crippen MR) is 91.2 cm³/mol. The predicted octanol–water partition coefficient (Wildman–Crippen LogP) is 3.27. The highest BCUT2D eigenvalue weighted by molar-refractivity contribution is 7.99. The fraction of sp³-hybridized carbons (Fsp3) is 0.562. The second kappa shape index (κ2) is 7.57. The molecule has 0 spiro atoms. The minimum absolute atomic E-state index is 0.184. The molecule has 4 nitrogen and oxygen atoms in total. The normalized spacial score (nSPS) is 17.0. The second-order valence-electron chi connectivity index (χ2n) is 5.83. The van der Waals surface area contributed by atoms with Crippen molar-refractivity contribution in [3.63, 3.8) is 0 Å². The number of sulfone groups is 1. The summed E-state index contributed by atoms with van der Waals surface area (Å²) in [4.78, 5) is 12.2. The van der Waals surface area contributed by atoms with E-state index in [1.807, 2.05) is 6.92 Å². The summed E-state index contributed by atoms with van der Waals surface area (Å²) in [5.41, 5.74) is -0.921. The molecule has 9 heteroatoms. The molecule has 0 bridgehead atoms. The van der Waals surface area contributed by atoms with Gasteiger partial charge in [0.25, 0.3) is 0 Å². The zero-order valence-electron chi connectivity index (χ0n) is 13.7. The Labute approximate surface area is 149 Å². The van der Waals surface area contributed by atoms with Crippen molar-refractivity contribution in [3.05, 3.63) is 29.8 Å². The third-order valence-electron chi connectivity index (χ3n) is 4.32. The number of carbonyl (C=O) groups excluding carboxylic acids is 1. The molecule has 0 aromatic heterocycles. The van der Waals surface area contributed by atoms with Crippen LogP contribution in [0.1, 0.15) is 31.7 Å². The van der Waals surface area contributed by atoms with E-state index in [1.165, 1.54) is 0 Å². The van der Waals surface area contributed by atoms with Gasteiger partial charge in [0.05, 0.1) is 10.5 Å². The minimum Gasteiger partial charge on any atom is -0.354 e. The molecule has 0 radical (unpaired) electrons. The Morgan fingerprint density at radius 2 is 1.84 bits per heavy atom. The number of halogens is 3. The first-order valence-electron chi connectivity index (χ1n) is 7.93. The van der Waals surface area contributed by atoms with Gasteiger partial charge in [-0.15, -0.1) is 0 Å². The summed E-state index contributed by atoms with van der Waals surface area (Å²) >= 11 is 1.62. The lowest BCUT2D eigenvalue weighted by Crippen LogP contribution is -2.57. The van der Waals surface area contributed by atoms with Gasteiger partial charge in [-0.05, 0) is 49.3 Å². The van der Waals surface area contributed by atoms with Crippen LogP contribution >= 0.6 is 11.8 Å². The Bertz CT molecular complexity index is 711. The third kappa shape index (κ3) is 3.97. The number of hydrogen-bond acceptors (Lipinski definition) is 4. The monoisotopic (exact) mass is 395 g/mol. The molecule has 1 aliphatic carbocycles. The van der Waals surface area contributed by atoms with Gasteiger partial charge in [-0.1, -0.05) is 6.92 Å². The van der Waals surface area contributed by atoms with E-state index in [4.69, 9.17) is 0 Å². The van der Waals surface area contributed by atoms with Crippen LogP contribution in [0.15, 0.2) is 29.2 Å². The van der Waals surface area contributed by atoms with Crippen molar-refractivity contribution in [2.75, 3.05) is 18.1 Å². The summed E-state index contributed by atoms with van der Waals surface area (Å²) in [5.74, 6) is 1.01. The molecule has 1 aromatic carbocycles. The highest BCUT2D eigenvalue weighted by Gasteiger charge is 2.55. The van der Waals surface area contributed by atoms with Gasteiger partial charge in [-0.2, -0.15) is 24.9 Å². The summed E-state index contributed by atoms with van der Waals surface area (Å²) in [5, 5.41) is 2.65. The summed E-state index contributed by atoms with van der Waals surface area (Å²) in [6.45, 7) is 2.34. The fourth-order valence-corrected chi connectivity index (χ4v) is 5.33. The Morgan fingerprint density at radius 1 is 1.24 bits per heavy atom. The molecule has 1 aromatic rings. The van der Waals surface area contributed by atoms with Gasteiger partial charge >= 0.3 is 6.18 Å². The van der Waals surface area contributed by atoms with Crippen molar-refractivity contribution in [3.8, 4) is 0 Å². The summed E-state index contributed by atoms with van der Waals surface area (Å²) in [6.07, 6.45) is -3.58. The molecule has 1 amide bonds. The van der Waals surface area contributed by atoms with E-state index in [-0.39, 0.29) is 17.7 Å². The van der Waals surface area contributed by atoms with Crippen LogP contribution in [-0.2, 0) is 20.8 Å². The van der Waals surface area contributed by atoms with E-state index in [1.54, 1.807) is 11.8 Å². The lowest BCUT2D eigenvalue weighted by Gasteiger charge is -2.39. The fourth-order valence-electron chi connectivity index (χ4n) is 2.71. The van der Waals surface area contributed by atoms with Gasteiger partial charge in [0.1, 0.15) is 0 Å². The largest absolute Gasteiger partial charge is 0.416 e. The van der Waals surface area contributed by atoms with Gasteiger partial charge in [-0.3, -0.25) is 4.79 Å². The molecular weight excluding hydrogens is 375 g/mol. The average molecular weight is 395 g/mol. The zero-order valence-corrected chi connectivity index (χ0v) is 15.4. The standard InChI is InChI=1S/C16H20F3NO3S2/c1-2-24-11-10-20-14(21)15(8-3-9-15)25(22,23)13-6-4-12(5-7-13)16(17,18)19/h4-7H,2-3,8-11H2,1H3,(H,20,21). The van der Waals surface area contributed by atoms with Crippen molar-refractivity contribution < 1.29 is 26.4 Å². The first-order chi connectivity index (χ1) is 11.6. The molecule has 1 aliphatic rings. The molecule has 1 N–H and O–H groups in total. The quantitative estimate of drug-likeness (QED) is 0.720. The van der Waals surface area contributed by atoms with Crippen molar-refractivity contribution in [2.24, 2.45) is 0 Å². The Balaban J connectivity index is 2.22. The SMILES string of the molecule is CCSCCNC(=O)C1(S(=O)(=O)c2ccc(C(F)(F)F)cc2)CCC1. The van der Waals surface area contributed by atoms with E-state index in [0.717, 1.165) is 30.0 Å². The number of thioether (sulfide) groups is 1. The highest BCUT2D eigenvalue weighted by atomic mass is 32.2. The van der Waals surface area contributed by atoms with Crippen molar-refractivity contribution in [2.45, 2.75) is 42.0 Å². The summed E-state index contributed by atoms with van der Waals surface area (Å²) in [6, 6.07) is 3.32. The maximum atomic E-state index is 12.9. The maximum absolute atomic E-state index is 12.9. The molecule has 25 heavy (non-hydrogen) atoms. The van der Waals surface area contributed by atoms with Crippen molar-refractivity contribution >= 4 is 27.5 Å². The van der Waals surface area contributed by atoms with Crippen LogP contribution in [0.5, 0.6) is 0 Å². The zero-order chi connectivity index (χ0) is 18.7. The molecule has 0 atom stereocenters. The number of carbonyl (C=O) groups is 1. The van der Waals surface area contributed by atoms with Crippen molar-refractivity contribution in [1.82, 2.24) is 5.32 Å². The third-order valence-corrected chi connectivity index (χ3v) is 7.73. The Kier molecular flexibility index (Phi) is 6.09. The van der Waals surface area contributed by atoms with Crippen LogP contribution in [-0.4, -0.2) is 37.1 Å². The smallest absolute Gasteiger partial charge is 0.354 e. The molecular formula is C16H20F3NO3S2. The van der Waals surface area contributed by atoms with Crippen LogP contribution in [0, 0.1) is 0 Å². The number of alkyl halides is 3. The average Bonchev–Trinajstić information content (AvgIpc) is 2.49. The highest BCUT2D eigenvalue weighted by Crippen LogP contribution is 2.43. The molecule has 0 heterocycles. The van der Waals surface area contributed by atoms with Crippen molar-refractivity contribution in [1.29, 1.82) is 0 Å². The van der Waals surface area contributed by atoms with E-state index >= 15 is 0 Å². The molecule has 0 saturated heterocycles. The van der Waals surface area contributed by atoms with Crippen LogP contribution in [0.2, 0.25) is 0 Å². The van der Waals surface area contributed by atoms with E-state index in [0.29, 0.717) is 18.7 Å². The minimum atomic E-state index is -4.54. The van der Waals surface area contributed by atoms with Gasteiger partial charge < -0.3 is 5.32 Å². The summed E-state index contributed by atoms with van der Waals surface area (Å²) in [7, 11) is -4.05. The van der Waals surface area contributed by atoms with Crippen LogP contribution in [0.25, 0.3) is 0 Å². The van der Waals surface area contributed by atoms with Gasteiger partial charge in [0.15, 0.2) is 14.6 Å². The van der Waals surface area contributed by atoms with E-state index < -0.39 is 32.2 Å². The number of hydrogen-bond donors (Lipinski definition) is 1. The van der Waals surface area contributed by atoms with Crippen LogP contribution in [0.3, 0.4) is 0 Å². The molecule has 1 fully saturated rings. The molecule has 0 unspecified atom stereocenters. The first kappa shape index (κ1) is 20.1. The van der Waals surface area contributed by atoms with E-state index in [2.05, 4.69) is 5.32 Å². The molecule has 0 aliphatic heterocycles. The number of amides is 1. The number of nitrogens with one attached hydrogen (secondary N) is 1. The Morgan fingerprint density at radius 3 is 2.28 bits per heavy atom. The summed E-state index contributed by atoms with van der Waals surface area (Å²) < 4.78 is 62.1. The Hall–Kier alpha value is -1.22. The second-order valence-corrected chi connectivity index (χ2v) is 9.48. The maximum Gasteiger partial charge on any atom is 0.416 e. The van der Waals surface area contributed by atoms with E-state index in [9.17, 15) is 26.4 Å². The molecule has 1 saturated carbocycles. The topological polar surface area (TPSA) is 63.2 Å². The number of benzene rings is 1. The molecule has 2 rings (SSSR count). The lowest BCUT2D eigenvalue weighted by atomic mass is 9.83. The number of rotatable bonds is 7. The van der Waals surface area contributed by atoms with Gasteiger partial charge in [0.2, 0.25) is 5.91 Å². The van der Waals surface area contributed by atoms with Crippen LogP contribution in [0.4, 0.5) is 13.2 Å². The van der Waals surface area contributed by atoms with Gasteiger partial charge in [0, 0.05) is 12.3 Å². The molecule has 140 valence electrons. The lowest BCUT2D eigenvalue weighted by molar-refractivity contribution is -0.137.